The van der Waals surface area contributed by atoms with Gasteiger partial charge in [0, 0.05) is 12.1 Å². The van der Waals surface area contributed by atoms with Crippen molar-refractivity contribution in [2.75, 3.05) is 20.6 Å². The van der Waals surface area contributed by atoms with Crippen LogP contribution in [0.2, 0.25) is 0 Å². The van der Waals surface area contributed by atoms with Crippen molar-refractivity contribution in [3.05, 3.63) is 0 Å². The maximum Gasteiger partial charge on any atom is 0.0249 e. The van der Waals surface area contributed by atoms with E-state index in [9.17, 15) is 0 Å². The Morgan fingerprint density at radius 1 is 1.21 bits per heavy atom. The molecule has 3 unspecified atom stereocenters. The second kappa shape index (κ2) is 7.64. The zero-order chi connectivity index (χ0) is 14.5. The molecule has 0 amide bonds. The largest absolute Gasteiger partial charge is 0.315 e. The number of unbranched alkanes of at least 4 members (excludes halogenated alkanes) is 1. The average Bonchev–Trinajstić information content (AvgIpc) is 2.43. The number of nitrogens with one attached hydrogen (secondary N) is 1. The van der Waals surface area contributed by atoms with Crippen molar-refractivity contribution in [2.45, 2.75) is 78.3 Å². The van der Waals surface area contributed by atoms with Crippen LogP contribution in [0.25, 0.3) is 0 Å². The molecule has 114 valence electrons. The third-order valence-electron chi connectivity index (χ3n) is 5.63. The second-order valence-corrected chi connectivity index (χ2v) is 7.15. The molecule has 0 aromatic carbocycles. The summed E-state index contributed by atoms with van der Waals surface area (Å²) < 4.78 is 0. The zero-order valence-electron chi connectivity index (χ0n) is 14.1. The Bertz CT molecular complexity index is 250. The van der Waals surface area contributed by atoms with Crippen LogP contribution in [0, 0.1) is 11.3 Å². The second-order valence-electron chi connectivity index (χ2n) is 7.15. The van der Waals surface area contributed by atoms with Crippen LogP contribution in [0.5, 0.6) is 0 Å². The molecule has 1 saturated carbocycles. The third-order valence-corrected chi connectivity index (χ3v) is 5.63. The first kappa shape index (κ1) is 17.0. The van der Waals surface area contributed by atoms with Gasteiger partial charge in [0.25, 0.3) is 0 Å². The summed E-state index contributed by atoms with van der Waals surface area (Å²) in [6.45, 7) is 10.8. The highest BCUT2D eigenvalue weighted by Gasteiger charge is 2.37. The third kappa shape index (κ3) is 4.46. The number of hydrogen-bond acceptors (Lipinski definition) is 2. The van der Waals surface area contributed by atoms with Crippen LogP contribution < -0.4 is 5.32 Å². The van der Waals surface area contributed by atoms with Gasteiger partial charge in [0.15, 0.2) is 0 Å². The minimum Gasteiger partial charge on any atom is -0.315 e. The molecular formula is C17H36N2. The van der Waals surface area contributed by atoms with Gasteiger partial charge in [-0.25, -0.2) is 0 Å². The highest BCUT2D eigenvalue weighted by atomic mass is 15.2. The molecule has 1 aliphatic carbocycles. The van der Waals surface area contributed by atoms with E-state index in [1.54, 1.807) is 0 Å². The molecule has 0 spiro atoms. The fourth-order valence-corrected chi connectivity index (χ4v) is 3.54. The average molecular weight is 268 g/mol. The van der Waals surface area contributed by atoms with Gasteiger partial charge < -0.3 is 10.2 Å². The summed E-state index contributed by atoms with van der Waals surface area (Å²) in [5, 5.41) is 3.56. The molecule has 0 heterocycles. The lowest BCUT2D eigenvalue weighted by Gasteiger charge is -2.46. The van der Waals surface area contributed by atoms with Crippen molar-refractivity contribution in [1.29, 1.82) is 0 Å². The van der Waals surface area contributed by atoms with Crippen molar-refractivity contribution in [1.82, 2.24) is 10.2 Å². The fraction of sp³-hybridized carbons (Fsp3) is 1.00. The van der Waals surface area contributed by atoms with Gasteiger partial charge in [0.2, 0.25) is 0 Å². The predicted octanol–water partition coefficient (Wildman–Crippen LogP) is 3.91. The summed E-state index contributed by atoms with van der Waals surface area (Å²) in [5.74, 6) is 0.885. The number of hydrogen-bond donors (Lipinski definition) is 1. The van der Waals surface area contributed by atoms with Crippen LogP contribution >= 0.6 is 0 Å². The molecule has 19 heavy (non-hydrogen) atoms. The Hall–Kier alpha value is -0.0800. The standard InChI is InChI=1S/C17H36N2/c1-7-9-12-19(6)16-13-14(17(3,4)8-2)10-11-15(16)18-5/h14-16,18H,7-13H2,1-6H3. The first-order chi connectivity index (χ1) is 8.96. The summed E-state index contributed by atoms with van der Waals surface area (Å²) in [6.07, 6.45) is 8.02. The summed E-state index contributed by atoms with van der Waals surface area (Å²) in [7, 11) is 4.46. The molecule has 1 aliphatic rings. The molecule has 1 rings (SSSR count). The summed E-state index contributed by atoms with van der Waals surface area (Å²) in [5.41, 5.74) is 0.503. The van der Waals surface area contributed by atoms with E-state index in [0.717, 1.165) is 12.0 Å². The van der Waals surface area contributed by atoms with Crippen LogP contribution in [0.3, 0.4) is 0 Å². The molecule has 3 atom stereocenters. The highest BCUT2D eigenvalue weighted by Crippen LogP contribution is 2.41. The quantitative estimate of drug-likeness (QED) is 0.753. The Balaban J connectivity index is 2.68. The molecule has 0 aromatic heterocycles. The van der Waals surface area contributed by atoms with Crippen molar-refractivity contribution in [3.63, 3.8) is 0 Å². The van der Waals surface area contributed by atoms with Crippen molar-refractivity contribution in [2.24, 2.45) is 11.3 Å². The maximum absolute atomic E-state index is 3.56. The molecule has 0 saturated heterocycles. The van der Waals surface area contributed by atoms with Gasteiger partial charge in [-0.15, -0.1) is 0 Å². The van der Waals surface area contributed by atoms with E-state index in [0.29, 0.717) is 11.5 Å². The van der Waals surface area contributed by atoms with E-state index in [2.05, 4.69) is 52.0 Å². The van der Waals surface area contributed by atoms with Crippen LogP contribution in [-0.2, 0) is 0 Å². The van der Waals surface area contributed by atoms with E-state index in [1.165, 1.54) is 45.1 Å². The van der Waals surface area contributed by atoms with Gasteiger partial charge in [-0.1, -0.05) is 40.5 Å². The first-order valence-electron chi connectivity index (χ1n) is 8.33. The number of nitrogens with zero attached hydrogens (tertiary/aromatic N) is 1. The van der Waals surface area contributed by atoms with Crippen LogP contribution in [0.4, 0.5) is 0 Å². The Morgan fingerprint density at radius 3 is 2.42 bits per heavy atom. The van der Waals surface area contributed by atoms with Crippen LogP contribution in [-0.4, -0.2) is 37.6 Å². The molecule has 1 fully saturated rings. The molecular weight excluding hydrogens is 232 g/mol. The first-order valence-corrected chi connectivity index (χ1v) is 8.33. The van der Waals surface area contributed by atoms with E-state index in [-0.39, 0.29) is 0 Å². The highest BCUT2D eigenvalue weighted by molar-refractivity contribution is 4.93. The van der Waals surface area contributed by atoms with Gasteiger partial charge in [-0.05, 0) is 57.7 Å². The predicted molar refractivity (Wildman–Crippen MR) is 85.6 cm³/mol. The van der Waals surface area contributed by atoms with E-state index < -0.39 is 0 Å². The monoisotopic (exact) mass is 268 g/mol. The Morgan fingerprint density at radius 2 is 1.89 bits per heavy atom. The molecule has 0 aliphatic heterocycles. The van der Waals surface area contributed by atoms with E-state index in [1.807, 2.05) is 0 Å². The van der Waals surface area contributed by atoms with Gasteiger partial charge in [0.1, 0.15) is 0 Å². The molecule has 2 nitrogen and oxygen atoms in total. The van der Waals surface area contributed by atoms with Gasteiger partial charge in [0.05, 0.1) is 0 Å². The SMILES string of the molecule is CCCCN(C)C1CC(C(C)(C)CC)CCC1NC. The fourth-order valence-electron chi connectivity index (χ4n) is 3.54. The molecule has 0 bridgehead atoms. The molecule has 1 N–H and O–H groups in total. The minimum absolute atomic E-state index is 0.503. The van der Waals surface area contributed by atoms with Crippen molar-refractivity contribution < 1.29 is 0 Å². The molecule has 2 heteroatoms. The van der Waals surface area contributed by atoms with E-state index >= 15 is 0 Å². The topological polar surface area (TPSA) is 15.3 Å². The smallest absolute Gasteiger partial charge is 0.0249 e. The van der Waals surface area contributed by atoms with Gasteiger partial charge in [-0.2, -0.15) is 0 Å². The Kier molecular flexibility index (Phi) is 6.82. The number of rotatable bonds is 7. The Labute approximate surface area is 121 Å². The van der Waals surface area contributed by atoms with Crippen LogP contribution in [0.15, 0.2) is 0 Å². The van der Waals surface area contributed by atoms with Crippen molar-refractivity contribution in [3.8, 4) is 0 Å². The normalized spacial score (nSPS) is 28.9. The van der Waals surface area contributed by atoms with Crippen LogP contribution in [0.1, 0.15) is 66.2 Å². The lowest BCUT2D eigenvalue weighted by molar-refractivity contribution is 0.0639. The maximum atomic E-state index is 3.56. The zero-order valence-corrected chi connectivity index (χ0v) is 14.1. The molecule has 0 radical (unpaired) electrons. The summed E-state index contributed by atoms with van der Waals surface area (Å²) >= 11 is 0. The summed E-state index contributed by atoms with van der Waals surface area (Å²) in [6, 6.07) is 1.41. The van der Waals surface area contributed by atoms with Crippen molar-refractivity contribution >= 4 is 0 Å². The van der Waals surface area contributed by atoms with Gasteiger partial charge >= 0.3 is 0 Å². The lowest BCUT2D eigenvalue weighted by atomic mass is 9.67. The minimum atomic E-state index is 0.503. The molecule has 0 aromatic rings. The van der Waals surface area contributed by atoms with E-state index in [4.69, 9.17) is 0 Å². The van der Waals surface area contributed by atoms with Gasteiger partial charge in [-0.3, -0.25) is 0 Å². The number of likely N-dealkylation sites (N-methyl/N-ethyl adjacent to an activating group) is 2. The summed E-state index contributed by atoms with van der Waals surface area (Å²) in [4.78, 5) is 2.61. The lowest BCUT2D eigenvalue weighted by Crippen LogP contribution is -2.52.